The van der Waals surface area contributed by atoms with E-state index >= 15 is 0 Å². The van der Waals surface area contributed by atoms with Gasteiger partial charge in [-0.1, -0.05) is 13.3 Å². The Bertz CT molecular complexity index is 71.3. The zero-order valence-corrected chi connectivity index (χ0v) is 6.32. The summed E-state index contributed by atoms with van der Waals surface area (Å²) in [5, 5.41) is 26.1. The Morgan fingerprint density at radius 1 is 1.20 bits per heavy atom. The van der Waals surface area contributed by atoms with Crippen molar-refractivity contribution in [3.63, 3.8) is 0 Å². The Balaban J connectivity index is 3.41. The summed E-state index contributed by atoms with van der Waals surface area (Å²) in [6.07, 6.45) is 0.661. The first-order valence-electron chi connectivity index (χ1n) is 3.64. The Labute approximate surface area is 61.3 Å². The van der Waals surface area contributed by atoms with Crippen molar-refractivity contribution >= 4 is 0 Å². The monoisotopic (exact) mass is 148 g/mol. The molecular formula is C7H16O3. The molecule has 0 heterocycles. The van der Waals surface area contributed by atoms with E-state index in [9.17, 15) is 0 Å². The fourth-order valence-corrected chi connectivity index (χ4v) is 0.830. The van der Waals surface area contributed by atoms with Gasteiger partial charge in [-0.15, -0.1) is 0 Å². The van der Waals surface area contributed by atoms with E-state index in [4.69, 9.17) is 15.3 Å². The molecule has 0 aliphatic heterocycles. The van der Waals surface area contributed by atoms with E-state index in [2.05, 4.69) is 0 Å². The molecule has 2 unspecified atom stereocenters. The van der Waals surface area contributed by atoms with Gasteiger partial charge in [0.25, 0.3) is 0 Å². The predicted octanol–water partition coefficient (Wildman–Crippen LogP) is -0.252. The van der Waals surface area contributed by atoms with E-state index in [0.717, 1.165) is 6.42 Å². The lowest BCUT2D eigenvalue weighted by molar-refractivity contribution is 0.0618. The van der Waals surface area contributed by atoms with Crippen molar-refractivity contribution in [2.24, 2.45) is 5.92 Å². The minimum Gasteiger partial charge on any atom is -0.396 e. The van der Waals surface area contributed by atoms with Crippen LogP contribution in [0.2, 0.25) is 0 Å². The van der Waals surface area contributed by atoms with E-state index in [1.54, 1.807) is 0 Å². The van der Waals surface area contributed by atoms with Gasteiger partial charge in [0.05, 0.1) is 12.7 Å². The molecule has 0 aromatic heterocycles. The third-order valence-corrected chi connectivity index (χ3v) is 1.65. The highest BCUT2D eigenvalue weighted by Gasteiger charge is 2.10. The maximum absolute atomic E-state index is 8.93. The van der Waals surface area contributed by atoms with Crippen LogP contribution in [0, 0.1) is 5.92 Å². The minimum atomic E-state index is -0.669. The maximum atomic E-state index is 8.93. The summed E-state index contributed by atoms with van der Waals surface area (Å²) in [7, 11) is 0. The molecule has 0 spiro atoms. The molecule has 0 aliphatic rings. The number of rotatable bonds is 5. The molecule has 3 nitrogen and oxygen atoms in total. The second-order valence-electron chi connectivity index (χ2n) is 2.53. The molecule has 62 valence electrons. The van der Waals surface area contributed by atoms with Gasteiger partial charge in [-0.05, 0) is 12.3 Å². The highest BCUT2D eigenvalue weighted by molar-refractivity contribution is 4.61. The Morgan fingerprint density at radius 2 is 1.80 bits per heavy atom. The minimum absolute atomic E-state index is 0.0908. The standard InChI is InChI=1S/C7H16O3/c1-2-6(4-8)3-7(10)5-9/h6-10H,2-5H2,1H3. The third-order valence-electron chi connectivity index (χ3n) is 1.65. The van der Waals surface area contributed by atoms with Crippen LogP contribution in [-0.4, -0.2) is 34.6 Å². The Kier molecular flexibility index (Phi) is 5.58. The van der Waals surface area contributed by atoms with Gasteiger partial charge >= 0.3 is 0 Å². The van der Waals surface area contributed by atoms with Crippen molar-refractivity contribution < 1.29 is 15.3 Å². The SMILES string of the molecule is CCC(CO)CC(O)CO. The van der Waals surface area contributed by atoms with Crippen LogP contribution in [0.4, 0.5) is 0 Å². The van der Waals surface area contributed by atoms with Gasteiger partial charge in [0.15, 0.2) is 0 Å². The average molecular weight is 148 g/mol. The van der Waals surface area contributed by atoms with Crippen LogP contribution in [-0.2, 0) is 0 Å². The van der Waals surface area contributed by atoms with Crippen molar-refractivity contribution in [3.05, 3.63) is 0 Å². The van der Waals surface area contributed by atoms with E-state index in [-0.39, 0.29) is 19.1 Å². The molecule has 0 aromatic carbocycles. The average Bonchev–Trinajstić information content (AvgIpc) is 1.99. The van der Waals surface area contributed by atoms with Gasteiger partial charge in [0.2, 0.25) is 0 Å². The van der Waals surface area contributed by atoms with Gasteiger partial charge in [-0.3, -0.25) is 0 Å². The molecule has 3 heteroatoms. The fraction of sp³-hybridized carbons (Fsp3) is 1.00. The molecular weight excluding hydrogens is 132 g/mol. The number of hydrogen-bond acceptors (Lipinski definition) is 3. The number of aliphatic hydroxyl groups excluding tert-OH is 3. The zero-order valence-electron chi connectivity index (χ0n) is 6.32. The summed E-state index contributed by atoms with van der Waals surface area (Å²) in [4.78, 5) is 0. The zero-order chi connectivity index (χ0) is 7.98. The number of aliphatic hydroxyl groups is 3. The molecule has 0 saturated heterocycles. The number of hydrogen-bond donors (Lipinski definition) is 3. The van der Waals surface area contributed by atoms with Crippen LogP contribution in [0.1, 0.15) is 19.8 Å². The van der Waals surface area contributed by atoms with E-state index in [1.165, 1.54) is 0 Å². The summed E-state index contributed by atoms with van der Waals surface area (Å²) in [5.74, 6) is 0.127. The first-order chi connectivity index (χ1) is 4.74. The van der Waals surface area contributed by atoms with Gasteiger partial charge in [0.1, 0.15) is 0 Å². The summed E-state index contributed by atoms with van der Waals surface area (Å²) in [6.45, 7) is 1.83. The van der Waals surface area contributed by atoms with Crippen LogP contribution in [0.25, 0.3) is 0 Å². The molecule has 0 bridgehead atoms. The van der Waals surface area contributed by atoms with Crippen LogP contribution in [0.15, 0.2) is 0 Å². The molecule has 0 rings (SSSR count). The molecule has 0 fully saturated rings. The van der Waals surface area contributed by atoms with Gasteiger partial charge in [-0.2, -0.15) is 0 Å². The molecule has 2 atom stereocenters. The topological polar surface area (TPSA) is 60.7 Å². The van der Waals surface area contributed by atoms with Crippen LogP contribution >= 0.6 is 0 Å². The Morgan fingerprint density at radius 3 is 2.10 bits per heavy atom. The van der Waals surface area contributed by atoms with Crippen LogP contribution in [0.3, 0.4) is 0 Å². The van der Waals surface area contributed by atoms with Crippen molar-refractivity contribution in [1.82, 2.24) is 0 Å². The fourth-order valence-electron chi connectivity index (χ4n) is 0.830. The third kappa shape index (κ3) is 3.82. The largest absolute Gasteiger partial charge is 0.396 e. The second kappa shape index (κ2) is 5.65. The van der Waals surface area contributed by atoms with Gasteiger partial charge < -0.3 is 15.3 Å². The summed E-state index contributed by atoms with van der Waals surface area (Å²) >= 11 is 0. The molecule has 10 heavy (non-hydrogen) atoms. The lowest BCUT2D eigenvalue weighted by Gasteiger charge is -2.14. The second-order valence-corrected chi connectivity index (χ2v) is 2.53. The lowest BCUT2D eigenvalue weighted by Crippen LogP contribution is -2.19. The summed E-state index contributed by atoms with van der Waals surface area (Å²) in [6, 6.07) is 0. The summed E-state index contributed by atoms with van der Waals surface area (Å²) < 4.78 is 0. The highest BCUT2D eigenvalue weighted by Crippen LogP contribution is 2.09. The van der Waals surface area contributed by atoms with E-state index < -0.39 is 6.10 Å². The predicted molar refractivity (Wildman–Crippen MR) is 38.6 cm³/mol. The van der Waals surface area contributed by atoms with Crippen LogP contribution in [0.5, 0.6) is 0 Å². The molecule has 0 aliphatic carbocycles. The quantitative estimate of drug-likeness (QED) is 0.504. The Hall–Kier alpha value is -0.120. The molecule has 3 N–H and O–H groups in total. The highest BCUT2D eigenvalue weighted by atomic mass is 16.3. The first-order valence-corrected chi connectivity index (χ1v) is 3.64. The lowest BCUT2D eigenvalue weighted by atomic mass is 10.0. The normalized spacial score (nSPS) is 16.8. The van der Waals surface area contributed by atoms with Crippen molar-refractivity contribution in [2.75, 3.05) is 13.2 Å². The first kappa shape index (κ1) is 9.88. The van der Waals surface area contributed by atoms with Crippen molar-refractivity contribution in [2.45, 2.75) is 25.9 Å². The molecule has 0 amide bonds. The van der Waals surface area contributed by atoms with E-state index in [1.807, 2.05) is 6.92 Å². The van der Waals surface area contributed by atoms with Crippen molar-refractivity contribution in [3.8, 4) is 0 Å². The molecule has 0 saturated carbocycles. The molecule has 0 aromatic rings. The maximum Gasteiger partial charge on any atom is 0.0774 e. The summed E-state index contributed by atoms with van der Waals surface area (Å²) in [5.41, 5.74) is 0. The molecule has 0 radical (unpaired) electrons. The van der Waals surface area contributed by atoms with Gasteiger partial charge in [0, 0.05) is 6.61 Å². The van der Waals surface area contributed by atoms with E-state index in [0.29, 0.717) is 6.42 Å². The van der Waals surface area contributed by atoms with Gasteiger partial charge in [-0.25, -0.2) is 0 Å². The van der Waals surface area contributed by atoms with Crippen molar-refractivity contribution in [1.29, 1.82) is 0 Å². The smallest absolute Gasteiger partial charge is 0.0774 e. The van der Waals surface area contributed by atoms with Crippen LogP contribution < -0.4 is 0 Å².